The molecule has 2 rings (SSSR count). The molecule has 13 heteroatoms. The van der Waals surface area contributed by atoms with Crippen molar-refractivity contribution in [1.29, 1.82) is 0 Å². The molecule has 2 aromatic rings. The topological polar surface area (TPSA) is 135 Å². The molecule has 0 spiro atoms. The summed E-state index contributed by atoms with van der Waals surface area (Å²) in [4.78, 5) is 28.4. The number of hydrogen-bond acceptors (Lipinski definition) is 6. The summed E-state index contributed by atoms with van der Waals surface area (Å²) in [5.74, 6) is -0.708. The molecule has 1 aromatic heterocycles. The van der Waals surface area contributed by atoms with Gasteiger partial charge in [0.15, 0.2) is 10.9 Å². The van der Waals surface area contributed by atoms with Gasteiger partial charge in [0.25, 0.3) is 5.56 Å². The summed E-state index contributed by atoms with van der Waals surface area (Å²) in [6.45, 7) is 0.223. The van der Waals surface area contributed by atoms with Gasteiger partial charge in [0.2, 0.25) is 15.9 Å². The highest BCUT2D eigenvalue weighted by atomic mass is 32.2. The fraction of sp³-hybridized carbons (Fsp3) is 0.267. The molecule has 1 aromatic carbocycles. The molecule has 152 valence electrons. The largest absolute Gasteiger partial charge is 0.433 e. The summed E-state index contributed by atoms with van der Waals surface area (Å²) in [5.41, 5.74) is -1.54. The molecule has 0 aliphatic rings. The number of nitrogens with one attached hydrogen (secondary N) is 2. The van der Waals surface area contributed by atoms with Crippen molar-refractivity contribution in [2.24, 2.45) is 5.14 Å². The van der Waals surface area contributed by atoms with Crippen molar-refractivity contribution in [3.8, 4) is 0 Å². The third-order valence-corrected chi connectivity index (χ3v) is 5.14. The molecule has 1 heterocycles. The standard InChI is InChI=1S/C15H15F3N4O4S2/c16-15(17,18)11-7-12(23)22-14(21-11)27-8-13(24)20-6-5-9-1-3-10(4-2-9)28(19,25)26/h1-4,7H,5-6,8H2,(H,20,24)(H2,19,25,26)(H,21,22,23). The summed E-state index contributed by atoms with van der Waals surface area (Å²) in [6, 6.07) is 6.14. The van der Waals surface area contributed by atoms with E-state index in [4.69, 9.17) is 5.14 Å². The van der Waals surface area contributed by atoms with Crippen LogP contribution in [0, 0.1) is 0 Å². The number of hydrogen-bond donors (Lipinski definition) is 3. The second kappa shape index (κ2) is 8.75. The van der Waals surface area contributed by atoms with Crippen LogP contribution in [0.3, 0.4) is 0 Å². The van der Waals surface area contributed by atoms with Crippen LogP contribution < -0.4 is 16.0 Å². The lowest BCUT2D eigenvalue weighted by atomic mass is 10.1. The second-order valence-corrected chi connectivity index (χ2v) is 8.04. The van der Waals surface area contributed by atoms with Crippen LogP contribution in [0.4, 0.5) is 13.2 Å². The van der Waals surface area contributed by atoms with Gasteiger partial charge >= 0.3 is 6.18 Å². The molecule has 0 atom stereocenters. The quantitative estimate of drug-likeness (QED) is 0.436. The highest BCUT2D eigenvalue weighted by molar-refractivity contribution is 7.99. The van der Waals surface area contributed by atoms with E-state index in [1.54, 1.807) is 12.1 Å². The van der Waals surface area contributed by atoms with Gasteiger partial charge in [-0.05, 0) is 24.1 Å². The van der Waals surface area contributed by atoms with E-state index >= 15 is 0 Å². The Bertz CT molecular complexity index is 1010. The SMILES string of the molecule is NS(=O)(=O)c1ccc(CCNC(=O)CSc2nc(C(F)(F)F)cc(=O)[nH]2)cc1. The van der Waals surface area contributed by atoms with Gasteiger partial charge in [-0.2, -0.15) is 13.2 Å². The molecule has 0 saturated heterocycles. The fourth-order valence-corrected chi connectivity index (χ4v) is 3.25. The average molecular weight is 436 g/mol. The van der Waals surface area contributed by atoms with Crippen LogP contribution in [0.25, 0.3) is 0 Å². The zero-order valence-corrected chi connectivity index (χ0v) is 15.7. The first-order valence-electron chi connectivity index (χ1n) is 7.65. The minimum atomic E-state index is -4.76. The van der Waals surface area contributed by atoms with Crippen LogP contribution in [0.2, 0.25) is 0 Å². The fourth-order valence-electron chi connectivity index (χ4n) is 2.03. The summed E-state index contributed by atoms with van der Waals surface area (Å²) in [5, 5.41) is 7.24. The van der Waals surface area contributed by atoms with Gasteiger partial charge in [-0.15, -0.1) is 0 Å². The van der Waals surface area contributed by atoms with E-state index in [0.717, 1.165) is 5.56 Å². The number of aromatic nitrogens is 2. The van der Waals surface area contributed by atoms with E-state index in [-0.39, 0.29) is 22.3 Å². The minimum absolute atomic E-state index is 0.0285. The van der Waals surface area contributed by atoms with Crippen LogP contribution in [0.15, 0.2) is 45.2 Å². The number of rotatable bonds is 7. The maximum absolute atomic E-state index is 12.6. The molecule has 0 fully saturated rings. The van der Waals surface area contributed by atoms with Crippen molar-refractivity contribution < 1.29 is 26.4 Å². The zero-order valence-electron chi connectivity index (χ0n) is 14.1. The van der Waals surface area contributed by atoms with Crippen LogP contribution >= 0.6 is 11.8 Å². The summed E-state index contributed by atoms with van der Waals surface area (Å²) in [7, 11) is -3.78. The van der Waals surface area contributed by atoms with Crippen LogP contribution in [-0.4, -0.2) is 36.6 Å². The number of carbonyl (C=O) groups excluding carboxylic acids is 1. The number of carbonyl (C=O) groups is 1. The number of nitrogens with zero attached hydrogens (tertiary/aromatic N) is 1. The molecular formula is C15H15F3N4O4S2. The molecule has 0 bridgehead atoms. The number of benzene rings is 1. The van der Waals surface area contributed by atoms with E-state index in [1.165, 1.54) is 12.1 Å². The monoisotopic (exact) mass is 436 g/mol. The van der Waals surface area contributed by atoms with Crippen molar-refractivity contribution in [3.63, 3.8) is 0 Å². The lowest BCUT2D eigenvalue weighted by molar-refractivity contribution is -0.141. The number of nitrogens with two attached hydrogens (primary N) is 1. The van der Waals surface area contributed by atoms with Gasteiger partial charge in [-0.3, -0.25) is 9.59 Å². The number of aromatic amines is 1. The molecule has 0 radical (unpaired) electrons. The normalized spacial score (nSPS) is 12.0. The maximum Gasteiger partial charge on any atom is 0.433 e. The van der Waals surface area contributed by atoms with Gasteiger partial charge in [-0.1, -0.05) is 23.9 Å². The Morgan fingerprint density at radius 2 is 1.89 bits per heavy atom. The second-order valence-electron chi connectivity index (χ2n) is 5.51. The zero-order chi connectivity index (χ0) is 20.9. The molecule has 0 saturated carbocycles. The van der Waals surface area contributed by atoms with Gasteiger partial charge < -0.3 is 10.3 Å². The molecular weight excluding hydrogens is 421 g/mol. The van der Waals surface area contributed by atoms with Gasteiger partial charge in [0.05, 0.1) is 10.6 Å². The Balaban J connectivity index is 1.84. The lowest BCUT2D eigenvalue weighted by Crippen LogP contribution is -2.27. The highest BCUT2D eigenvalue weighted by Crippen LogP contribution is 2.27. The minimum Gasteiger partial charge on any atom is -0.355 e. The van der Waals surface area contributed by atoms with Crippen molar-refractivity contribution in [2.45, 2.75) is 22.6 Å². The van der Waals surface area contributed by atoms with Crippen molar-refractivity contribution in [2.75, 3.05) is 12.3 Å². The van der Waals surface area contributed by atoms with Crippen molar-refractivity contribution >= 4 is 27.7 Å². The molecule has 28 heavy (non-hydrogen) atoms. The Morgan fingerprint density at radius 1 is 1.25 bits per heavy atom. The Hall–Kier alpha value is -2.38. The number of H-pyrrole nitrogens is 1. The predicted molar refractivity (Wildman–Crippen MR) is 95.1 cm³/mol. The number of sulfonamides is 1. The van der Waals surface area contributed by atoms with Gasteiger partial charge in [0.1, 0.15) is 0 Å². The first-order valence-corrected chi connectivity index (χ1v) is 10.2. The van der Waals surface area contributed by atoms with E-state index in [0.29, 0.717) is 24.2 Å². The van der Waals surface area contributed by atoms with E-state index in [1.807, 2.05) is 0 Å². The van der Waals surface area contributed by atoms with E-state index < -0.39 is 33.4 Å². The van der Waals surface area contributed by atoms with E-state index in [9.17, 15) is 31.2 Å². The molecule has 1 amide bonds. The molecule has 0 aliphatic heterocycles. The molecule has 8 nitrogen and oxygen atoms in total. The third-order valence-electron chi connectivity index (χ3n) is 3.34. The Morgan fingerprint density at radius 3 is 2.46 bits per heavy atom. The maximum atomic E-state index is 12.6. The van der Waals surface area contributed by atoms with E-state index in [2.05, 4.69) is 15.3 Å². The smallest absolute Gasteiger partial charge is 0.355 e. The summed E-state index contributed by atoms with van der Waals surface area (Å²) >= 11 is 0.665. The van der Waals surface area contributed by atoms with Crippen LogP contribution in [0.5, 0.6) is 0 Å². The lowest BCUT2D eigenvalue weighted by Gasteiger charge is -2.08. The number of thioether (sulfide) groups is 1. The summed E-state index contributed by atoms with van der Waals surface area (Å²) < 4.78 is 60.2. The molecule has 4 N–H and O–H groups in total. The van der Waals surface area contributed by atoms with Crippen LogP contribution in [-0.2, 0) is 27.4 Å². The first-order chi connectivity index (χ1) is 12.9. The Kier molecular flexibility index (Phi) is 6.85. The molecule has 0 aliphatic carbocycles. The number of primary sulfonamides is 1. The van der Waals surface area contributed by atoms with Gasteiger partial charge in [-0.25, -0.2) is 18.5 Å². The van der Waals surface area contributed by atoms with Crippen molar-refractivity contribution in [3.05, 3.63) is 51.9 Å². The molecule has 0 unspecified atom stereocenters. The predicted octanol–water partition coefficient (Wildman–Crippen LogP) is 0.887. The third kappa shape index (κ3) is 6.65. The Labute approximate surface area is 161 Å². The number of amides is 1. The first kappa shape index (κ1) is 21.9. The number of alkyl halides is 3. The highest BCUT2D eigenvalue weighted by Gasteiger charge is 2.33. The summed E-state index contributed by atoms with van der Waals surface area (Å²) in [6.07, 6.45) is -4.36. The van der Waals surface area contributed by atoms with Crippen LogP contribution in [0.1, 0.15) is 11.3 Å². The van der Waals surface area contributed by atoms with Gasteiger partial charge in [0, 0.05) is 12.6 Å². The average Bonchev–Trinajstić information content (AvgIpc) is 2.58. The van der Waals surface area contributed by atoms with Crippen molar-refractivity contribution in [1.82, 2.24) is 15.3 Å². The number of halogens is 3.